The molecule has 9 heteroatoms. The van der Waals surface area contributed by atoms with E-state index >= 15 is 0 Å². The summed E-state index contributed by atoms with van der Waals surface area (Å²) in [4.78, 5) is 13.5. The molecule has 2 N–H and O–H groups in total. The highest BCUT2D eigenvalue weighted by Gasteiger charge is 2.38. The van der Waals surface area contributed by atoms with Crippen LogP contribution in [0.2, 0.25) is 0 Å². The summed E-state index contributed by atoms with van der Waals surface area (Å²) in [7, 11) is 0. The maximum atomic E-state index is 10.6. The van der Waals surface area contributed by atoms with Gasteiger partial charge in [0.1, 0.15) is 0 Å². The van der Waals surface area contributed by atoms with Gasteiger partial charge in [0.25, 0.3) is 0 Å². The number of aryl methyl sites for hydroxylation is 1. The first-order valence-corrected chi connectivity index (χ1v) is 12.2. The quantitative estimate of drug-likeness (QED) is 0.354. The van der Waals surface area contributed by atoms with E-state index in [-0.39, 0.29) is 0 Å². The molecule has 6 nitrogen and oxygen atoms in total. The number of carbonyl (C=O) groups is 1. The van der Waals surface area contributed by atoms with Gasteiger partial charge in [-0.1, -0.05) is 81.3 Å². The van der Waals surface area contributed by atoms with Crippen LogP contribution in [-0.4, -0.2) is 40.5 Å². The molecule has 1 saturated heterocycles. The number of nitrogens with zero attached hydrogens (tertiary/aromatic N) is 2. The third-order valence-electron chi connectivity index (χ3n) is 5.86. The van der Waals surface area contributed by atoms with Gasteiger partial charge in [-0.3, -0.25) is 0 Å². The number of carboxylic acids is 1. The maximum Gasteiger partial charge on any atom is 0.490 e. The number of halogens is 3. The van der Waals surface area contributed by atoms with Crippen molar-refractivity contribution in [2.75, 3.05) is 13.1 Å². The van der Waals surface area contributed by atoms with Crippen molar-refractivity contribution in [2.45, 2.75) is 89.6 Å². The highest BCUT2D eigenvalue weighted by Crippen LogP contribution is 2.25. The summed E-state index contributed by atoms with van der Waals surface area (Å²) >= 11 is 0. The summed E-state index contributed by atoms with van der Waals surface area (Å²) in [6.45, 7) is 4.31. The molecule has 1 aliphatic heterocycles. The van der Waals surface area contributed by atoms with Gasteiger partial charge in [0.2, 0.25) is 11.7 Å². The van der Waals surface area contributed by atoms with Gasteiger partial charge in [0.05, 0.1) is 5.92 Å². The molecule has 1 fully saturated rings. The third kappa shape index (κ3) is 10.2. The van der Waals surface area contributed by atoms with Gasteiger partial charge in [-0.15, -0.1) is 0 Å². The molecule has 2 heterocycles. The average Bonchev–Trinajstić information content (AvgIpc) is 3.32. The monoisotopic (exact) mass is 483 g/mol. The van der Waals surface area contributed by atoms with Crippen molar-refractivity contribution >= 4 is 5.97 Å². The summed E-state index contributed by atoms with van der Waals surface area (Å²) < 4.78 is 37.3. The summed E-state index contributed by atoms with van der Waals surface area (Å²) in [6, 6.07) is 8.70. The molecule has 0 aliphatic carbocycles. The molecule has 0 radical (unpaired) electrons. The average molecular weight is 484 g/mol. The molecular weight excluding hydrogens is 447 g/mol. The number of hydrogen-bond donors (Lipinski definition) is 2. The number of hydrogen-bond acceptors (Lipinski definition) is 5. The second kappa shape index (κ2) is 14.8. The predicted molar refractivity (Wildman–Crippen MR) is 125 cm³/mol. The fourth-order valence-corrected chi connectivity index (χ4v) is 3.86. The van der Waals surface area contributed by atoms with Gasteiger partial charge >= 0.3 is 12.1 Å². The molecule has 34 heavy (non-hydrogen) atoms. The number of carboxylic acid groups (broad SMARTS) is 1. The van der Waals surface area contributed by atoms with E-state index < -0.39 is 12.1 Å². The second-order valence-corrected chi connectivity index (χ2v) is 8.72. The standard InChI is InChI=1S/C23H35N3O.C2HF3O2/c1-2-3-4-5-6-7-8-9-11-19-13-15-20(16-14-19)22-25-23(27-26-22)21-12-10-17-24-18-21;3-2(4,5)1(6)7/h13-16,21,24H,2-12,17-18H2,1H3;(H,6,7)/t21-;/m1./s1. The van der Waals surface area contributed by atoms with Crippen LogP contribution in [0.4, 0.5) is 13.2 Å². The van der Waals surface area contributed by atoms with E-state index in [2.05, 4.69) is 46.6 Å². The molecule has 190 valence electrons. The SMILES string of the molecule is CCCCCCCCCCc1ccc(-c2noc([C@@H]3CCCNC3)n2)cc1.O=C(O)C(F)(F)F. The van der Waals surface area contributed by atoms with Gasteiger partial charge in [-0.25, -0.2) is 4.79 Å². The number of aliphatic carboxylic acids is 1. The minimum Gasteiger partial charge on any atom is -0.475 e. The zero-order valence-corrected chi connectivity index (χ0v) is 19.9. The lowest BCUT2D eigenvalue weighted by atomic mass is 10.00. The Morgan fingerprint density at radius 1 is 1.09 bits per heavy atom. The largest absolute Gasteiger partial charge is 0.490 e. The number of alkyl halides is 3. The number of rotatable bonds is 11. The van der Waals surface area contributed by atoms with Gasteiger partial charge in [-0.05, 0) is 37.8 Å². The molecule has 1 aromatic carbocycles. The first-order valence-electron chi connectivity index (χ1n) is 12.2. The summed E-state index contributed by atoms with van der Waals surface area (Å²) in [5, 5.41) is 14.7. The molecule has 2 aromatic rings. The lowest BCUT2D eigenvalue weighted by Crippen LogP contribution is -2.28. The first-order chi connectivity index (χ1) is 16.3. The van der Waals surface area contributed by atoms with E-state index in [1.807, 2.05) is 0 Å². The Morgan fingerprint density at radius 2 is 1.71 bits per heavy atom. The topological polar surface area (TPSA) is 88.3 Å². The van der Waals surface area contributed by atoms with Crippen molar-refractivity contribution in [1.29, 1.82) is 0 Å². The van der Waals surface area contributed by atoms with Crippen LogP contribution >= 0.6 is 0 Å². The minimum atomic E-state index is -5.08. The van der Waals surface area contributed by atoms with Crippen LogP contribution in [0.3, 0.4) is 0 Å². The highest BCUT2D eigenvalue weighted by molar-refractivity contribution is 5.73. The van der Waals surface area contributed by atoms with Crippen LogP contribution in [0.25, 0.3) is 11.4 Å². The van der Waals surface area contributed by atoms with Gasteiger partial charge in [-0.2, -0.15) is 18.2 Å². The molecule has 1 aromatic heterocycles. The molecule has 1 aliphatic rings. The zero-order valence-electron chi connectivity index (χ0n) is 19.9. The Hall–Kier alpha value is -2.42. The van der Waals surface area contributed by atoms with E-state index in [9.17, 15) is 13.2 Å². The third-order valence-corrected chi connectivity index (χ3v) is 5.86. The number of benzene rings is 1. The highest BCUT2D eigenvalue weighted by atomic mass is 19.4. The predicted octanol–water partition coefficient (Wildman–Crippen LogP) is 6.52. The molecule has 0 amide bonds. The van der Waals surface area contributed by atoms with Crippen molar-refractivity contribution in [3.8, 4) is 11.4 Å². The Morgan fingerprint density at radius 3 is 2.26 bits per heavy atom. The van der Waals surface area contributed by atoms with Crippen LogP contribution in [0.15, 0.2) is 28.8 Å². The molecular formula is C25H36F3N3O3. The summed E-state index contributed by atoms with van der Waals surface area (Å²) in [5.41, 5.74) is 2.46. The van der Waals surface area contributed by atoms with E-state index in [4.69, 9.17) is 14.4 Å². The van der Waals surface area contributed by atoms with Gasteiger partial charge in [0, 0.05) is 12.1 Å². The lowest BCUT2D eigenvalue weighted by Gasteiger charge is -2.18. The van der Waals surface area contributed by atoms with Crippen LogP contribution < -0.4 is 5.32 Å². The molecule has 0 spiro atoms. The minimum absolute atomic E-state index is 0.362. The van der Waals surface area contributed by atoms with Gasteiger partial charge < -0.3 is 14.9 Å². The van der Waals surface area contributed by atoms with E-state index in [0.29, 0.717) is 11.7 Å². The van der Waals surface area contributed by atoms with E-state index in [1.54, 1.807) is 0 Å². The first kappa shape index (κ1) is 27.8. The van der Waals surface area contributed by atoms with Crippen molar-refractivity contribution < 1.29 is 27.6 Å². The van der Waals surface area contributed by atoms with Crippen molar-refractivity contribution in [3.05, 3.63) is 35.7 Å². The normalized spacial score (nSPS) is 16.1. The zero-order chi connectivity index (χ0) is 24.8. The lowest BCUT2D eigenvalue weighted by molar-refractivity contribution is -0.192. The van der Waals surface area contributed by atoms with E-state index in [0.717, 1.165) is 31.0 Å². The van der Waals surface area contributed by atoms with Crippen molar-refractivity contribution in [3.63, 3.8) is 0 Å². The van der Waals surface area contributed by atoms with E-state index in [1.165, 1.54) is 69.8 Å². The molecule has 0 unspecified atom stereocenters. The number of aromatic nitrogens is 2. The maximum absolute atomic E-state index is 10.6. The number of nitrogens with one attached hydrogen (secondary N) is 1. The Labute approximate surface area is 199 Å². The fourth-order valence-electron chi connectivity index (χ4n) is 3.86. The smallest absolute Gasteiger partial charge is 0.475 e. The molecule has 3 rings (SSSR count). The summed E-state index contributed by atoms with van der Waals surface area (Å²) in [6.07, 6.45) is 9.34. The van der Waals surface area contributed by atoms with Gasteiger partial charge in [0.15, 0.2) is 0 Å². The van der Waals surface area contributed by atoms with Crippen molar-refractivity contribution in [1.82, 2.24) is 15.5 Å². The molecule has 0 saturated carbocycles. The molecule has 0 bridgehead atoms. The van der Waals surface area contributed by atoms with Crippen LogP contribution in [0.5, 0.6) is 0 Å². The second-order valence-electron chi connectivity index (χ2n) is 8.72. The molecule has 1 atom stereocenters. The summed E-state index contributed by atoms with van der Waals surface area (Å²) in [5.74, 6) is -0.900. The van der Waals surface area contributed by atoms with Crippen LogP contribution in [0.1, 0.15) is 88.5 Å². The van der Waals surface area contributed by atoms with Crippen LogP contribution in [0, 0.1) is 0 Å². The van der Waals surface area contributed by atoms with Crippen LogP contribution in [-0.2, 0) is 11.2 Å². The fraction of sp³-hybridized carbons (Fsp3) is 0.640. The number of piperidine rings is 1. The van der Waals surface area contributed by atoms with Crippen molar-refractivity contribution in [2.24, 2.45) is 0 Å². The number of unbranched alkanes of at least 4 members (excludes halogenated alkanes) is 7. The Bertz CT molecular complexity index is 832. The Balaban J connectivity index is 0.000000509. The Kier molecular flexibility index (Phi) is 12.1.